The Hall–Kier alpha value is -1.80. The molecular weight excluding hydrogens is 385 g/mol. The maximum atomic E-state index is 12.5. The fraction of sp³-hybridized carbons (Fsp3) is 0.667. The van der Waals surface area contributed by atoms with Gasteiger partial charge in [-0.25, -0.2) is 4.79 Å². The molecule has 1 aromatic carbocycles. The summed E-state index contributed by atoms with van der Waals surface area (Å²) in [6.07, 6.45) is 1.35. The van der Waals surface area contributed by atoms with E-state index in [2.05, 4.69) is 24.3 Å². The number of unbranched alkanes of at least 4 members (excludes halogenated alkanes) is 1. The van der Waals surface area contributed by atoms with E-state index in [-0.39, 0.29) is 5.75 Å². The number of hydrogen-bond donors (Lipinski definition) is 1. The number of nitrogens with one attached hydrogen (secondary N) is 1. The summed E-state index contributed by atoms with van der Waals surface area (Å²) in [7, 11) is 4.13. The molecule has 1 aliphatic rings. The molecule has 5 nitrogen and oxygen atoms in total. The van der Waals surface area contributed by atoms with Crippen molar-refractivity contribution in [2.75, 3.05) is 33.8 Å². The zero-order valence-electron chi connectivity index (χ0n) is 17.1. The van der Waals surface area contributed by atoms with Crippen LogP contribution < -0.4 is 10.1 Å². The third-order valence-corrected chi connectivity index (χ3v) is 5.07. The summed E-state index contributed by atoms with van der Waals surface area (Å²) < 4.78 is 48.6. The quantitative estimate of drug-likeness (QED) is 0.593. The molecule has 8 heteroatoms. The number of halogens is 3. The highest BCUT2D eigenvalue weighted by Gasteiger charge is 2.30. The highest BCUT2D eigenvalue weighted by atomic mass is 19.4. The molecular formula is C21H31F3N2O3. The molecule has 0 heterocycles. The Kier molecular flexibility index (Phi) is 9.23. The molecule has 29 heavy (non-hydrogen) atoms. The van der Waals surface area contributed by atoms with Crippen LogP contribution in [0.5, 0.6) is 5.75 Å². The number of carbonyl (C=O) groups is 1. The molecule has 1 fully saturated rings. The Labute approximate surface area is 170 Å². The summed E-state index contributed by atoms with van der Waals surface area (Å²) in [6, 6.07) is 4.07. The zero-order chi connectivity index (χ0) is 21.3. The minimum atomic E-state index is -4.41. The summed E-state index contributed by atoms with van der Waals surface area (Å²) in [5.41, 5.74) is -0.776. The largest absolute Gasteiger partial charge is 0.416 e. The summed E-state index contributed by atoms with van der Waals surface area (Å²) in [5, 5.41) is 2.70. The first-order chi connectivity index (χ1) is 13.7. The van der Waals surface area contributed by atoms with Gasteiger partial charge in [-0.1, -0.05) is 0 Å². The van der Waals surface area contributed by atoms with Crippen molar-refractivity contribution in [2.24, 2.45) is 5.92 Å². The van der Waals surface area contributed by atoms with Crippen molar-refractivity contribution >= 4 is 6.09 Å². The van der Waals surface area contributed by atoms with Gasteiger partial charge in [-0.05, 0) is 89.3 Å². The molecule has 0 atom stereocenters. The number of amides is 1. The molecule has 0 radical (unpaired) electrons. The first-order valence-corrected chi connectivity index (χ1v) is 10.1. The molecule has 2 rings (SSSR count). The predicted molar refractivity (Wildman–Crippen MR) is 105 cm³/mol. The molecule has 1 saturated carbocycles. The van der Waals surface area contributed by atoms with E-state index in [4.69, 9.17) is 9.47 Å². The van der Waals surface area contributed by atoms with Gasteiger partial charge in [-0.15, -0.1) is 0 Å². The zero-order valence-corrected chi connectivity index (χ0v) is 17.1. The molecule has 1 aromatic rings. The number of rotatable bonds is 9. The van der Waals surface area contributed by atoms with Crippen LogP contribution in [0.4, 0.5) is 18.0 Å². The van der Waals surface area contributed by atoms with Crippen LogP contribution in [0.1, 0.15) is 44.1 Å². The maximum Gasteiger partial charge on any atom is 0.416 e. The smallest absolute Gasteiger partial charge is 0.410 e. The first-order valence-electron chi connectivity index (χ1n) is 10.1. The minimum absolute atomic E-state index is 0.0851. The number of benzene rings is 1. The Morgan fingerprint density at radius 3 is 2.34 bits per heavy atom. The van der Waals surface area contributed by atoms with Gasteiger partial charge in [0.25, 0.3) is 0 Å². The van der Waals surface area contributed by atoms with Gasteiger partial charge in [-0.3, -0.25) is 0 Å². The predicted octanol–water partition coefficient (Wildman–Crippen LogP) is 4.71. The molecule has 0 spiro atoms. The minimum Gasteiger partial charge on any atom is -0.410 e. The summed E-state index contributed by atoms with van der Waals surface area (Å²) in [4.78, 5) is 14.0. The average Bonchev–Trinajstić information content (AvgIpc) is 2.66. The molecule has 0 unspecified atom stereocenters. The average molecular weight is 416 g/mol. The SMILES string of the molecule is CN(C)CCCCOC1CCC(CNC(=O)Oc2ccc(C(F)(F)F)cc2)CC1. The second kappa shape index (κ2) is 11.4. The van der Waals surface area contributed by atoms with Crippen molar-refractivity contribution in [2.45, 2.75) is 50.8 Å². The van der Waals surface area contributed by atoms with Gasteiger partial charge in [0.15, 0.2) is 0 Å². The highest BCUT2D eigenvalue weighted by molar-refractivity contribution is 5.70. The lowest BCUT2D eigenvalue weighted by atomic mass is 9.87. The van der Waals surface area contributed by atoms with E-state index in [1.54, 1.807) is 0 Å². The standard InChI is InChI=1S/C21H31F3N2O3/c1-26(2)13-3-4-14-28-18-9-5-16(6-10-18)15-25-20(27)29-19-11-7-17(8-12-19)21(22,23)24/h7-8,11-12,16,18H,3-6,9-10,13-15H2,1-2H3,(H,25,27). The van der Waals surface area contributed by atoms with Gasteiger partial charge >= 0.3 is 12.3 Å². The summed E-state index contributed by atoms with van der Waals surface area (Å²) in [6.45, 7) is 2.36. The highest BCUT2D eigenvalue weighted by Crippen LogP contribution is 2.30. The van der Waals surface area contributed by atoms with Crippen molar-refractivity contribution in [1.82, 2.24) is 10.2 Å². The second-order valence-electron chi connectivity index (χ2n) is 7.82. The summed E-state index contributed by atoms with van der Waals surface area (Å²) in [5.74, 6) is 0.450. The Morgan fingerprint density at radius 1 is 1.10 bits per heavy atom. The normalized spacial score (nSPS) is 19.9. The molecule has 0 aromatic heterocycles. The van der Waals surface area contributed by atoms with Crippen molar-refractivity contribution < 1.29 is 27.4 Å². The topological polar surface area (TPSA) is 50.8 Å². The van der Waals surface area contributed by atoms with Gasteiger partial charge in [0.2, 0.25) is 0 Å². The number of hydrogen-bond acceptors (Lipinski definition) is 4. The fourth-order valence-corrected chi connectivity index (χ4v) is 3.37. The maximum absolute atomic E-state index is 12.5. The van der Waals surface area contributed by atoms with E-state index in [1.165, 1.54) is 0 Å². The third kappa shape index (κ3) is 9.04. The van der Waals surface area contributed by atoms with Crippen molar-refractivity contribution in [3.8, 4) is 5.75 Å². The van der Waals surface area contributed by atoms with E-state index in [0.29, 0.717) is 18.6 Å². The van der Waals surface area contributed by atoms with Crippen LogP contribution in [0.25, 0.3) is 0 Å². The molecule has 0 aliphatic heterocycles. The van der Waals surface area contributed by atoms with Crippen LogP contribution in [-0.2, 0) is 10.9 Å². The number of carbonyl (C=O) groups excluding carboxylic acids is 1. The van der Waals surface area contributed by atoms with E-state index < -0.39 is 17.8 Å². The fourth-order valence-electron chi connectivity index (χ4n) is 3.37. The Bertz CT molecular complexity index is 613. The monoisotopic (exact) mass is 416 g/mol. The van der Waals surface area contributed by atoms with Gasteiger partial charge in [0.1, 0.15) is 5.75 Å². The van der Waals surface area contributed by atoms with E-state index in [1.807, 2.05) is 0 Å². The van der Waals surface area contributed by atoms with E-state index in [9.17, 15) is 18.0 Å². The number of nitrogens with zero attached hydrogens (tertiary/aromatic N) is 1. The van der Waals surface area contributed by atoms with Crippen molar-refractivity contribution in [3.63, 3.8) is 0 Å². The summed E-state index contributed by atoms with van der Waals surface area (Å²) >= 11 is 0. The second-order valence-corrected chi connectivity index (χ2v) is 7.82. The molecule has 1 N–H and O–H groups in total. The van der Waals surface area contributed by atoms with Crippen LogP contribution in [0.15, 0.2) is 24.3 Å². The Balaban J connectivity index is 1.59. The lowest BCUT2D eigenvalue weighted by Gasteiger charge is -2.28. The van der Waals surface area contributed by atoms with E-state index >= 15 is 0 Å². The first kappa shape index (κ1) is 23.5. The van der Waals surface area contributed by atoms with Gasteiger partial charge in [0.05, 0.1) is 11.7 Å². The van der Waals surface area contributed by atoms with Gasteiger partial charge in [0, 0.05) is 13.2 Å². The van der Waals surface area contributed by atoms with E-state index in [0.717, 1.165) is 75.9 Å². The molecule has 0 bridgehead atoms. The molecule has 0 saturated heterocycles. The molecule has 164 valence electrons. The van der Waals surface area contributed by atoms with Crippen LogP contribution in [0, 0.1) is 5.92 Å². The Morgan fingerprint density at radius 2 is 1.76 bits per heavy atom. The molecule has 1 amide bonds. The molecule has 1 aliphatic carbocycles. The van der Waals surface area contributed by atoms with Crippen molar-refractivity contribution in [1.29, 1.82) is 0 Å². The third-order valence-electron chi connectivity index (χ3n) is 5.07. The van der Waals surface area contributed by atoms with Crippen LogP contribution in [0.2, 0.25) is 0 Å². The number of alkyl halides is 3. The van der Waals surface area contributed by atoms with Crippen LogP contribution in [-0.4, -0.2) is 50.9 Å². The lowest BCUT2D eigenvalue weighted by Crippen LogP contribution is -2.34. The number of ether oxygens (including phenoxy) is 2. The van der Waals surface area contributed by atoms with Crippen LogP contribution >= 0.6 is 0 Å². The van der Waals surface area contributed by atoms with Crippen molar-refractivity contribution in [3.05, 3.63) is 29.8 Å². The van der Waals surface area contributed by atoms with Gasteiger partial charge < -0.3 is 19.7 Å². The lowest BCUT2D eigenvalue weighted by molar-refractivity contribution is -0.137. The van der Waals surface area contributed by atoms with Gasteiger partial charge in [-0.2, -0.15) is 13.2 Å². The van der Waals surface area contributed by atoms with Crippen LogP contribution in [0.3, 0.4) is 0 Å².